The second kappa shape index (κ2) is 4.86. The average molecular weight is 262 g/mol. The van der Waals surface area contributed by atoms with Gasteiger partial charge in [0.25, 0.3) is 0 Å². The lowest BCUT2D eigenvalue weighted by Crippen LogP contribution is -2.05. The highest BCUT2D eigenvalue weighted by atomic mass is 32.1. The van der Waals surface area contributed by atoms with Crippen LogP contribution in [0.25, 0.3) is 0 Å². The third-order valence-corrected chi connectivity index (χ3v) is 4.72. The summed E-state index contributed by atoms with van der Waals surface area (Å²) in [4.78, 5) is 5.64. The van der Waals surface area contributed by atoms with Crippen molar-refractivity contribution in [1.29, 1.82) is 0 Å². The maximum Gasteiger partial charge on any atom is 0.0807 e. The fourth-order valence-corrected chi connectivity index (χ4v) is 3.42. The van der Waals surface area contributed by atoms with Gasteiger partial charge in [-0.05, 0) is 31.7 Å². The molecule has 1 N–H and O–H groups in total. The lowest BCUT2D eigenvalue weighted by atomic mass is 9.93. The van der Waals surface area contributed by atoms with Gasteiger partial charge >= 0.3 is 0 Å². The molecule has 3 rings (SSSR count). The molecule has 1 aliphatic rings. The van der Waals surface area contributed by atoms with Crippen LogP contribution in [0.2, 0.25) is 0 Å². The summed E-state index contributed by atoms with van der Waals surface area (Å²) in [5.41, 5.74) is 5.53. The van der Waals surface area contributed by atoms with Crippen molar-refractivity contribution in [3.05, 3.63) is 39.6 Å². The molecule has 2 aromatic rings. The average Bonchev–Trinajstić information content (AvgIpc) is 2.93. The van der Waals surface area contributed by atoms with E-state index in [0.717, 1.165) is 43.5 Å². The first-order valence-electron chi connectivity index (χ1n) is 6.49. The molecule has 0 fully saturated rings. The molecule has 1 unspecified atom stereocenters. The highest BCUT2D eigenvalue weighted by Crippen LogP contribution is 2.30. The van der Waals surface area contributed by atoms with E-state index in [0.29, 0.717) is 0 Å². The van der Waals surface area contributed by atoms with Crippen molar-refractivity contribution in [2.75, 3.05) is 0 Å². The van der Waals surface area contributed by atoms with Gasteiger partial charge in [-0.25, -0.2) is 4.98 Å². The van der Waals surface area contributed by atoms with Gasteiger partial charge in [-0.3, -0.25) is 0 Å². The summed E-state index contributed by atoms with van der Waals surface area (Å²) in [5, 5.41) is 9.95. The van der Waals surface area contributed by atoms with E-state index in [9.17, 15) is 5.11 Å². The lowest BCUT2D eigenvalue weighted by Gasteiger charge is -2.16. The number of aliphatic hydroxyl groups is 1. The molecule has 2 heterocycles. The Labute approximate surface area is 111 Å². The number of hydrogen-bond donors (Lipinski definition) is 1. The zero-order valence-corrected chi connectivity index (χ0v) is 11.4. The van der Waals surface area contributed by atoms with Crippen LogP contribution < -0.4 is 0 Å². The van der Waals surface area contributed by atoms with Crippen molar-refractivity contribution in [2.45, 2.75) is 45.3 Å². The van der Waals surface area contributed by atoms with E-state index in [1.165, 1.54) is 10.4 Å². The molecule has 4 heteroatoms. The summed E-state index contributed by atoms with van der Waals surface area (Å²) in [5.74, 6) is 0. The molecule has 0 saturated heterocycles. The molecule has 18 heavy (non-hydrogen) atoms. The predicted octanol–water partition coefficient (Wildman–Crippen LogP) is 2.87. The first-order valence-corrected chi connectivity index (χ1v) is 7.37. The SMILES string of the molecule is Cc1ncsc1CCn1cc2c(c1)C(O)CCC2. The van der Waals surface area contributed by atoms with Crippen LogP contribution >= 0.6 is 11.3 Å². The third-order valence-electron chi connectivity index (χ3n) is 3.72. The molecule has 1 aliphatic carbocycles. The van der Waals surface area contributed by atoms with Gasteiger partial charge in [-0.2, -0.15) is 0 Å². The van der Waals surface area contributed by atoms with E-state index in [1.54, 1.807) is 11.3 Å². The van der Waals surface area contributed by atoms with Gasteiger partial charge in [0.1, 0.15) is 0 Å². The van der Waals surface area contributed by atoms with Gasteiger partial charge in [-0.1, -0.05) is 0 Å². The Morgan fingerprint density at radius 1 is 1.50 bits per heavy atom. The summed E-state index contributed by atoms with van der Waals surface area (Å²) in [6, 6.07) is 0. The van der Waals surface area contributed by atoms with Crippen LogP contribution in [0.1, 0.15) is 40.6 Å². The number of hydrogen-bond acceptors (Lipinski definition) is 3. The van der Waals surface area contributed by atoms with E-state index < -0.39 is 0 Å². The third kappa shape index (κ3) is 2.22. The van der Waals surface area contributed by atoms with Crippen LogP contribution in [-0.2, 0) is 19.4 Å². The Hall–Kier alpha value is -1.13. The van der Waals surface area contributed by atoms with Crippen LogP contribution in [0.5, 0.6) is 0 Å². The quantitative estimate of drug-likeness (QED) is 0.923. The Morgan fingerprint density at radius 3 is 3.11 bits per heavy atom. The Kier molecular flexibility index (Phi) is 3.22. The smallest absolute Gasteiger partial charge is 0.0807 e. The van der Waals surface area contributed by atoms with Crippen molar-refractivity contribution in [1.82, 2.24) is 9.55 Å². The van der Waals surface area contributed by atoms with E-state index in [1.807, 2.05) is 5.51 Å². The maximum absolute atomic E-state index is 9.95. The van der Waals surface area contributed by atoms with Crippen molar-refractivity contribution in [2.24, 2.45) is 0 Å². The second-order valence-electron chi connectivity index (χ2n) is 5.00. The molecule has 2 aromatic heterocycles. The summed E-state index contributed by atoms with van der Waals surface area (Å²) in [7, 11) is 0. The highest BCUT2D eigenvalue weighted by Gasteiger charge is 2.19. The molecule has 0 radical (unpaired) electrons. The van der Waals surface area contributed by atoms with Crippen LogP contribution in [-0.4, -0.2) is 14.7 Å². The monoisotopic (exact) mass is 262 g/mol. The van der Waals surface area contributed by atoms with Gasteiger partial charge in [-0.15, -0.1) is 11.3 Å². The molecule has 0 saturated carbocycles. The molecule has 0 amide bonds. The number of aryl methyl sites for hydroxylation is 4. The van der Waals surface area contributed by atoms with Crippen molar-refractivity contribution in [3.8, 4) is 0 Å². The second-order valence-corrected chi connectivity index (χ2v) is 5.93. The molecule has 96 valence electrons. The zero-order chi connectivity index (χ0) is 12.5. The standard InChI is InChI=1S/C14H18N2OS/c1-10-14(18-9-15-10)5-6-16-7-11-3-2-4-13(17)12(11)8-16/h7-9,13,17H,2-6H2,1H3. The van der Waals surface area contributed by atoms with Crippen molar-refractivity contribution < 1.29 is 5.11 Å². The first kappa shape index (κ1) is 11.9. The summed E-state index contributed by atoms with van der Waals surface area (Å²) < 4.78 is 2.22. The number of rotatable bonds is 3. The summed E-state index contributed by atoms with van der Waals surface area (Å²) >= 11 is 1.73. The molecule has 0 bridgehead atoms. The van der Waals surface area contributed by atoms with Gasteiger partial charge in [0.2, 0.25) is 0 Å². The summed E-state index contributed by atoms with van der Waals surface area (Å²) in [6.45, 7) is 3.04. The van der Waals surface area contributed by atoms with Crippen molar-refractivity contribution >= 4 is 11.3 Å². The normalized spacial score (nSPS) is 18.9. The van der Waals surface area contributed by atoms with E-state index in [2.05, 4.69) is 28.9 Å². The van der Waals surface area contributed by atoms with Gasteiger partial charge in [0.05, 0.1) is 17.3 Å². The van der Waals surface area contributed by atoms with Gasteiger partial charge < -0.3 is 9.67 Å². The van der Waals surface area contributed by atoms with Crippen LogP contribution in [0.4, 0.5) is 0 Å². The predicted molar refractivity (Wildman–Crippen MR) is 72.9 cm³/mol. The maximum atomic E-state index is 9.95. The van der Waals surface area contributed by atoms with Crippen LogP contribution in [0, 0.1) is 6.92 Å². The van der Waals surface area contributed by atoms with E-state index in [-0.39, 0.29) is 6.10 Å². The molecule has 0 aromatic carbocycles. The van der Waals surface area contributed by atoms with Crippen LogP contribution in [0.15, 0.2) is 17.9 Å². The Morgan fingerprint density at radius 2 is 2.39 bits per heavy atom. The van der Waals surface area contributed by atoms with Crippen LogP contribution in [0.3, 0.4) is 0 Å². The molecule has 0 spiro atoms. The molecule has 1 atom stereocenters. The van der Waals surface area contributed by atoms with Crippen molar-refractivity contribution in [3.63, 3.8) is 0 Å². The molecule has 0 aliphatic heterocycles. The Balaban J connectivity index is 1.72. The fraction of sp³-hybridized carbons (Fsp3) is 0.500. The lowest BCUT2D eigenvalue weighted by molar-refractivity contribution is 0.157. The number of fused-ring (bicyclic) bond motifs is 1. The molecular weight excluding hydrogens is 244 g/mol. The largest absolute Gasteiger partial charge is 0.388 e. The fourth-order valence-electron chi connectivity index (χ4n) is 2.65. The van der Waals surface area contributed by atoms with E-state index >= 15 is 0 Å². The highest BCUT2D eigenvalue weighted by molar-refractivity contribution is 7.09. The van der Waals surface area contributed by atoms with E-state index in [4.69, 9.17) is 0 Å². The zero-order valence-electron chi connectivity index (χ0n) is 10.6. The number of aliphatic hydroxyl groups excluding tert-OH is 1. The number of thiazole rings is 1. The molecule has 3 nitrogen and oxygen atoms in total. The number of aromatic nitrogens is 2. The minimum absolute atomic E-state index is 0.250. The minimum Gasteiger partial charge on any atom is -0.388 e. The van der Waals surface area contributed by atoms with Gasteiger partial charge in [0.15, 0.2) is 0 Å². The number of nitrogens with zero attached hydrogens (tertiary/aromatic N) is 2. The summed E-state index contributed by atoms with van der Waals surface area (Å²) in [6.07, 6.45) is 8.22. The topological polar surface area (TPSA) is 38.0 Å². The first-order chi connectivity index (χ1) is 8.74. The minimum atomic E-state index is -0.250. The Bertz CT molecular complexity index is 544. The molecular formula is C14H18N2OS. The van der Waals surface area contributed by atoms with Gasteiger partial charge in [0, 0.05) is 35.8 Å².